The fourth-order valence-electron chi connectivity index (χ4n) is 3.23. The van der Waals surface area contributed by atoms with Gasteiger partial charge in [0.15, 0.2) is 12.4 Å². The molecule has 1 amide bonds. The normalized spacial score (nSPS) is 11.3. The van der Waals surface area contributed by atoms with Crippen LogP contribution in [-0.4, -0.2) is 18.3 Å². The molecular weight excluding hydrogens is 362 g/mol. The Morgan fingerprint density at radius 2 is 1.41 bits per heavy atom. The summed E-state index contributed by atoms with van der Waals surface area (Å²) in [7, 11) is 0. The first-order chi connectivity index (χ1) is 14.1. The van der Waals surface area contributed by atoms with Crippen molar-refractivity contribution in [2.24, 2.45) is 10.9 Å². The molecule has 3 rings (SSSR count). The van der Waals surface area contributed by atoms with Gasteiger partial charge in [0.1, 0.15) is 0 Å². The maximum Gasteiger partial charge on any atom is 0.265 e. The van der Waals surface area contributed by atoms with Crippen molar-refractivity contribution in [1.82, 2.24) is 0 Å². The number of aryl methyl sites for hydroxylation is 2. The standard InChI is InChI=1S/C24H25N3O2/c1-17-10-9-11-18(2)23(17)26-21(28)16-29-27-24(25)22(19-12-5-3-6-13-19)20-14-7-4-8-15-20/h3-15,22H,16H2,1-2H3,(H2,25,27)(H,26,28). The number of hydrogen-bond donors (Lipinski definition) is 2. The highest BCUT2D eigenvalue weighted by Crippen LogP contribution is 2.25. The monoisotopic (exact) mass is 387 g/mol. The lowest BCUT2D eigenvalue weighted by atomic mass is 9.90. The number of para-hydroxylation sites is 1. The fourth-order valence-corrected chi connectivity index (χ4v) is 3.23. The highest BCUT2D eigenvalue weighted by atomic mass is 16.6. The van der Waals surface area contributed by atoms with Crippen LogP contribution in [0.15, 0.2) is 84.0 Å². The summed E-state index contributed by atoms with van der Waals surface area (Å²) in [6, 6.07) is 25.6. The summed E-state index contributed by atoms with van der Waals surface area (Å²) >= 11 is 0. The fraction of sp³-hybridized carbons (Fsp3) is 0.167. The van der Waals surface area contributed by atoms with Gasteiger partial charge in [-0.05, 0) is 36.1 Å². The molecule has 0 heterocycles. The van der Waals surface area contributed by atoms with Crippen LogP contribution >= 0.6 is 0 Å². The number of benzene rings is 3. The Bertz CT molecular complexity index is 926. The van der Waals surface area contributed by atoms with E-state index < -0.39 is 0 Å². The van der Waals surface area contributed by atoms with E-state index in [0.29, 0.717) is 5.84 Å². The Morgan fingerprint density at radius 3 is 1.93 bits per heavy atom. The third-order valence-corrected chi connectivity index (χ3v) is 4.67. The number of amidine groups is 1. The Hall–Kier alpha value is -3.60. The van der Waals surface area contributed by atoms with Gasteiger partial charge >= 0.3 is 0 Å². The van der Waals surface area contributed by atoms with Gasteiger partial charge in [0.05, 0.1) is 5.92 Å². The average Bonchev–Trinajstić information content (AvgIpc) is 2.73. The van der Waals surface area contributed by atoms with Crippen LogP contribution in [0.2, 0.25) is 0 Å². The molecular formula is C24H25N3O2. The van der Waals surface area contributed by atoms with Crippen LogP contribution in [0.1, 0.15) is 28.2 Å². The predicted octanol–water partition coefficient (Wildman–Crippen LogP) is 4.36. The van der Waals surface area contributed by atoms with E-state index in [1.807, 2.05) is 92.7 Å². The first kappa shape index (κ1) is 20.1. The highest BCUT2D eigenvalue weighted by molar-refractivity contribution is 5.93. The van der Waals surface area contributed by atoms with Gasteiger partial charge in [-0.3, -0.25) is 4.79 Å². The van der Waals surface area contributed by atoms with Gasteiger partial charge < -0.3 is 15.9 Å². The molecule has 29 heavy (non-hydrogen) atoms. The molecule has 0 aliphatic carbocycles. The van der Waals surface area contributed by atoms with Crippen molar-refractivity contribution in [2.45, 2.75) is 19.8 Å². The topological polar surface area (TPSA) is 76.7 Å². The van der Waals surface area contributed by atoms with E-state index in [1.54, 1.807) is 0 Å². The third-order valence-electron chi connectivity index (χ3n) is 4.67. The van der Waals surface area contributed by atoms with Gasteiger partial charge in [0.25, 0.3) is 5.91 Å². The van der Waals surface area contributed by atoms with Crippen LogP contribution in [0.4, 0.5) is 5.69 Å². The van der Waals surface area contributed by atoms with Crippen molar-refractivity contribution in [1.29, 1.82) is 0 Å². The van der Waals surface area contributed by atoms with Crippen LogP contribution in [0.5, 0.6) is 0 Å². The van der Waals surface area contributed by atoms with E-state index >= 15 is 0 Å². The number of carbonyl (C=O) groups is 1. The second kappa shape index (κ2) is 9.55. The van der Waals surface area contributed by atoms with Gasteiger partial charge in [-0.25, -0.2) is 0 Å². The molecule has 3 N–H and O–H groups in total. The molecule has 0 saturated carbocycles. The molecule has 148 valence electrons. The van der Waals surface area contributed by atoms with Gasteiger partial charge in [-0.2, -0.15) is 0 Å². The second-order valence-electron chi connectivity index (χ2n) is 6.86. The maximum absolute atomic E-state index is 12.3. The zero-order chi connectivity index (χ0) is 20.6. The smallest absolute Gasteiger partial charge is 0.265 e. The van der Waals surface area contributed by atoms with Crippen molar-refractivity contribution in [2.75, 3.05) is 11.9 Å². The molecule has 3 aromatic carbocycles. The summed E-state index contributed by atoms with van der Waals surface area (Å²) < 4.78 is 0. The Labute approximate surface area is 171 Å². The van der Waals surface area contributed by atoms with Crippen LogP contribution in [0.3, 0.4) is 0 Å². The molecule has 0 aromatic heterocycles. The number of nitrogens with one attached hydrogen (secondary N) is 1. The zero-order valence-electron chi connectivity index (χ0n) is 16.6. The minimum Gasteiger partial charge on any atom is -0.384 e. The number of amides is 1. The predicted molar refractivity (Wildman–Crippen MR) is 117 cm³/mol. The van der Waals surface area contributed by atoms with Crippen LogP contribution in [0.25, 0.3) is 0 Å². The molecule has 0 bridgehead atoms. The number of rotatable bonds is 7. The first-order valence-electron chi connectivity index (χ1n) is 9.47. The summed E-state index contributed by atoms with van der Waals surface area (Å²) in [6.07, 6.45) is 0. The van der Waals surface area contributed by atoms with Crippen LogP contribution in [-0.2, 0) is 9.63 Å². The Kier molecular flexibility index (Phi) is 6.63. The van der Waals surface area contributed by atoms with E-state index in [9.17, 15) is 4.79 Å². The van der Waals surface area contributed by atoms with E-state index in [2.05, 4.69) is 10.5 Å². The van der Waals surface area contributed by atoms with Gasteiger partial charge in [-0.15, -0.1) is 0 Å². The zero-order valence-corrected chi connectivity index (χ0v) is 16.6. The molecule has 5 nitrogen and oxygen atoms in total. The SMILES string of the molecule is Cc1cccc(C)c1NC(=O)CO/N=C(/N)C(c1ccccc1)c1ccccc1. The van der Waals surface area contributed by atoms with Crippen LogP contribution < -0.4 is 11.1 Å². The minimum absolute atomic E-state index is 0.217. The molecule has 0 unspecified atom stereocenters. The second-order valence-corrected chi connectivity index (χ2v) is 6.86. The number of carbonyl (C=O) groups excluding carboxylic acids is 1. The Morgan fingerprint density at radius 1 is 0.897 bits per heavy atom. The average molecular weight is 387 g/mol. The number of oxime groups is 1. The van der Waals surface area contributed by atoms with Crippen molar-refractivity contribution in [3.63, 3.8) is 0 Å². The third kappa shape index (κ3) is 5.23. The summed E-state index contributed by atoms with van der Waals surface area (Å²) in [6.45, 7) is 3.68. The Balaban J connectivity index is 1.70. The molecule has 5 heteroatoms. The number of anilines is 1. The van der Waals surface area contributed by atoms with E-state index in [0.717, 1.165) is 27.9 Å². The molecule has 0 radical (unpaired) electrons. The van der Waals surface area contributed by atoms with Gasteiger partial charge in [0.2, 0.25) is 0 Å². The molecule has 3 aromatic rings. The molecule has 0 fully saturated rings. The van der Waals surface area contributed by atoms with E-state index in [-0.39, 0.29) is 18.4 Å². The van der Waals surface area contributed by atoms with Gasteiger partial charge in [0, 0.05) is 5.69 Å². The first-order valence-corrected chi connectivity index (χ1v) is 9.47. The molecule has 0 spiro atoms. The van der Waals surface area contributed by atoms with Crippen molar-refractivity contribution in [3.8, 4) is 0 Å². The maximum atomic E-state index is 12.3. The molecule has 0 saturated heterocycles. The summed E-state index contributed by atoms with van der Waals surface area (Å²) in [5, 5.41) is 6.91. The van der Waals surface area contributed by atoms with Crippen LogP contribution in [0, 0.1) is 13.8 Å². The summed E-state index contributed by atoms with van der Waals surface area (Å²) in [5.41, 5.74) is 11.1. The van der Waals surface area contributed by atoms with Crippen molar-refractivity contribution >= 4 is 17.4 Å². The number of nitrogens with zero attached hydrogens (tertiary/aromatic N) is 1. The van der Waals surface area contributed by atoms with Gasteiger partial charge in [-0.1, -0.05) is 84.0 Å². The lowest BCUT2D eigenvalue weighted by Crippen LogP contribution is -2.25. The highest BCUT2D eigenvalue weighted by Gasteiger charge is 2.19. The lowest BCUT2D eigenvalue weighted by Gasteiger charge is -2.17. The van der Waals surface area contributed by atoms with E-state index in [1.165, 1.54) is 0 Å². The number of nitrogens with two attached hydrogens (primary N) is 1. The lowest BCUT2D eigenvalue weighted by molar-refractivity contribution is -0.120. The molecule has 0 atom stereocenters. The largest absolute Gasteiger partial charge is 0.384 e. The number of hydrogen-bond acceptors (Lipinski definition) is 3. The summed E-state index contributed by atoms with van der Waals surface area (Å²) in [4.78, 5) is 17.5. The molecule has 0 aliphatic rings. The summed E-state index contributed by atoms with van der Waals surface area (Å²) in [5.74, 6) is -0.240. The van der Waals surface area contributed by atoms with Crippen molar-refractivity contribution < 1.29 is 9.63 Å². The minimum atomic E-state index is -0.282. The van der Waals surface area contributed by atoms with E-state index in [4.69, 9.17) is 10.6 Å². The quantitative estimate of drug-likeness (QED) is 0.359. The van der Waals surface area contributed by atoms with Crippen molar-refractivity contribution in [3.05, 3.63) is 101 Å². The molecule has 0 aliphatic heterocycles.